The molecule has 1 aliphatic heterocycles. The zero-order chi connectivity index (χ0) is 20.6. The molecule has 1 aromatic heterocycles. The van der Waals surface area contributed by atoms with Gasteiger partial charge in [-0.05, 0) is 37.6 Å². The summed E-state index contributed by atoms with van der Waals surface area (Å²) in [6.07, 6.45) is 1.01. The summed E-state index contributed by atoms with van der Waals surface area (Å²) in [7, 11) is 0. The molecule has 2 heterocycles. The number of rotatable bonds is 8. The number of hydrogen-bond acceptors (Lipinski definition) is 6. The van der Waals surface area contributed by atoms with Crippen LogP contribution in [0, 0.1) is 0 Å². The molecule has 0 radical (unpaired) electrons. The van der Waals surface area contributed by atoms with E-state index < -0.39 is 0 Å². The highest BCUT2D eigenvalue weighted by atomic mass is 35.5. The van der Waals surface area contributed by atoms with E-state index in [-0.39, 0.29) is 5.91 Å². The van der Waals surface area contributed by atoms with E-state index in [0.29, 0.717) is 36.8 Å². The fraction of sp³-hybridized carbons (Fsp3) is 0.429. The van der Waals surface area contributed by atoms with Crippen LogP contribution in [0.5, 0.6) is 5.75 Å². The highest BCUT2D eigenvalue weighted by Crippen LogP contribution is 2.30. The van der Waals surface area contributed by atoms with E-state index in [2.05, 4.69) is 26.2 Å². The molecule has 29 heavy (non-hydrogen) atoms. The summed E-state index contributed by atoms with van der Waals surface area (Å²) in [5.41, 5.74) is 7.73. The first-order valence-corrected chi connectivity index (χ1v) is 10.5. The minimum Gasteiger partial charge on any atom is -0.492 e. The third kappa shape index (κ3) is 5.44. The van der Waals surface area contributed by atoms with Crippen LogP contribution in [0.1, 0.15) is 19.8 Å². The van der Waals surface area contributed by atoms with Crippen molar-refractivity contribution in [3.8, 4) is 5.75 Å². The average Bonchev–Trinajstić information content (AvgIpc) is 2.74. The van der Waals surface area contributed by atoms with E-state index in [1.807, 2.05) is 37.3 Å². The summed E-state index contributed by atoms with van der Waals surface area (Å²) >= 11 is 5.63. The molecule has 156 valence electrons. The second-order valence-corrected chi connectivity index (χ2v) is 7.20. The van der Waals surface area contributed by atoms with Gasteiger partial charge in [0.25, 0.3) is 0 Å². The van der Waals surface area contributed by atoms with Gasteiger partial charge in [0.05, 0.1) is 18.0 Å². The van der Waals surface area contributed by atoms with Gasteiger partial charge in [0.15, 0.2) is 0 Å². The fourth-order valence-corrected chi connectivity index (χ4v) is 3.49. The Balaban J connectivity index is 1.61. The van der Waals surface area contributed by atoms with Crippen LogP contribution in [-0.2, 0) is 4.79 Å². The van der Waals surface area contributed by atoms with Crippen molar-refractivity contribution in [2.45, 2.75) is 19.8 Å². The summed E-state index contributed by atoms with van der Waals surface area (Å²) in [6.45, 7) is 6.03. The maximum Gasteiger partial charge on any atom is 0.224 e. The number of para-hydroxylation sites is 2. The van der Waals surface area contributed by atoms with Crippen LogP contribution < -0.4 is 25.6 Å². The predicted octanol–water partition coefficient (Wildman–Crippen LogP) is 3.35. The number of nitrogens with zero attached hydrogens (tertiary/aromatic N) is 3. The van der Waals surface area contributed by atoms with Crippen molar-refractivity contribution in [2.75, 3.05) is 59.5 Å². The van der Waals surface area contributed by atoms with Crippen LogP contribution in [0.25, 0.3) is 0 Å². The van der Waals surface area contributed by atoms with E-state index in [9.17, 15) is 4.79 Å². The third-order valence-electron chi connectivity index (χ3n) is 4.83. The van der Waals surface area contributed by atoms with Gasteiger partial charge in [-0.15, -0.1) is 11.6 Å². The normalized spacial score (nSPS) is 14.0. The molecule has 1 aromatic carbocycles. The van der Waals surface area contributed by atoms with Crippen LogP contribution in [0.15, 0.2) is 36.4 Å². The molecule has 1 aliphatic rings. The Bertz CT molecular complexity index is 824. The Hall–Kier alpha value is -2.67. The number of aromatic nitrogens is 1. The van der Waals surface area contributed by atoms with Gasteiger partial charge in [-0.1, -0.05) is 12.1 Å². The lowest BCUT2D eigenvalue weighted by molar-refractivity contribution is -0.116. The minimum atomic E-state index is -0.103. The van der Waals surface area contributed by atoms with E-state index in [1.54, 1.807) is 0 Å². The standard InChI is InChI=1S/C21H28ClN5O2/c1-2-29-18-7-4-3-6-17(18)26-12-14-27(15-13-26)19-10-9-16(21(23)25-19)24-20(28)8-5-11-22/h3-4,6-7,9-10H,2,5,8,11-15H2,1H3,(H2,23,25)(H,24,28). The van der Waals surface area contributed by atoms with Crippen LogP contribution in [0.4, 0.5) is 23.0 Å². The summed E-state index contributed by atoms with van der Waals surface area (Å²) in [5, 5.41) is 2.80. The van der Waals surface area contributed by atoms with E-state index >= 15 is 0 Å². The number of alkyl halides is 1. The zero-order valence-electron chi connectivity index (χ0n) is 16.7. The van der Waals surface area contributed by atoms with Gasteiger partial charge in [-0.2, -0.15) is 0 Å². The van der Waals surface area contributed by atoms with Crippen molar-refractivity contribution in [1.82, 2.24) is 4.98 Å². The third-order valence-corrected chi connectivity index (χ3v) is 5.10. The van der Waals surface area contributed by atoms with Crippen molar-refractivity contribution in [2.24, 2.45) is 0 Å². The first kappa shape index (κ1) is 21.0. The zero-order valence-corrected chi connectivity index (χ0v) is 17.5. The largest absolute Gasteiger partial charge is 0.492 e. The molecule has 3 N–H and O–H groups in total. The Morgan fingerprint density at radius 1 is 1.17 bits per heavy atom. The molecule has 0 aliphatic carbocycles. The van der Waals surface area contributed by atoms with Gasteiger partial charge in [-0.3, -0.25) is 4.79 Å². The maximum absolute atomic E-state index is 11.9. The number of carbonyl (C=O) groups is 1. The smallest absolute Gasteiger partial charge is 0.224 e. The fourth-order valence-electron chi connectivity index (χ4n) is 3.36. The Morgan fingerprint density at radius 3 is 2.59 bits per heavy atom. The summed E-state index contributed by atoms with van der Waals surface area (Å²) in [6, 6.07) is 11.8. The molecule has 0 unspecified atom stereocenters. The number of piperazine rings is 1. The van der Waals surface area contributed by atoms with Gasteiger partial charge in [0.2, 0.25) is 5.91 Å². The number of benzene rings is 1. The maximum atomic E-state index is 11.9. The first-order chi connectivity index (χ1) is 14.1. The monoisotopic (exact) mass is 417 g/mol. The van der Waals surface area contributed by atoms with Gasteiger partial charge in [0, 0.05) is 38.5 Å². The molecular weight excluding hydrogens is 390 g/mol. The van der Waals surface area contributed by atoms with Crippen molar-refractivity contribution in [3.05, 3.63) is 36.4 Å². The molecule has 2 aromatic rings. The molecule has 3 rings (SSSR count). The van der Waals surface area contributed by atoms with Gasteiger partial charge < -0.3 is 25.6 Å². The van der Waals surface area contributed by atoms with Crippen LogP contribution in [-0.4, -0.2) is 49.6 Å². The number of nitrogen functional groups attached to an aromatic ring is 1. The van der Waals surface area contributed by atoms with Crippen LogP contribution in [0.3, 0.4) is 0 Å². The molecule has 8 heteroatoms. The highest BCUT2D eigenvalue weighted by molar-refractivity contribution is 6.18. The number of carbonyl (C=O) groups excluding carboxylic acids is 1. The number of amides is 1. The molecule has 0 spiro atoms. The highest BCUT2D eigenvalue weighted by Gasteiger charge is 2.21. The number of nitrogens with one attached hydrogen (secondary N) is 1. The molecular formula is C21H28ClN5O2. The lowest BCUT2D eigenvalue weighted by Gasteiger charge is -2.37. The summed E-state index contributed by atoms with van der Waals surface area (Å²) in [4.78, 5) is 20.9. The lowest BCUT2D eigenvalue weighted by atomic mass is 10.2. The van der Waals surface area contributed by atoms with E-state index in [4.69, 9.17) is 22.1 Å². The topological polar surface area (TPSA) is 83.7 Å². The van der Waals surface area contributed by atoms with Crippen LogP contribution in [0.2, 0.25) is 0 Å². The molecule has 0 bridgehead atoms. The SMILES string of the molecule is CCOc1ccccc1N1CCN(c2ccc(NC(=O)CCCCl)c(N)n2)CC1. The Labute approximate surface area is 176 Å². The number of pyridine rings is 1. The molecule has 7 nitrogen and oxygen atoms in total. The molecule has 1 amide bonds. The van der Waals surface area contributed by atoms with E-state index in [1.165, 1.54) is 0 Å². The number of anilines is 4. The molecule has 0 saturated carbocycles. The van der Waals surface area contributed by atoms with E-state index in [0.717, 1.165) is 43.4 Å². The quantitative estimate of drug-likeness (QED) is 0.641. The number of ether oxygens (including phenoxy) is 1. The molecule has 0 atom stereocenters. The second kappa shape index (κ2) is 10.2. The van der Waals surface area contributed by atoms with Crippen LogP contribution >= 0.6 is 11.6 Å². The van der Waals surface area contributed by atoms with Crippen molar-refractivity contribution < 1.29 is 9.53 Å². The molecule has 1 saturated heterocycles. The number of halogens is 1. The summed E-state index contributed by atoms with van der Waals surface area (Å²) in [5.74, 6) is 2.42. The van der Waals surface area contributed by atoms with Crippen molar-refractivity contribution in [3.63, 3.8) is 0 Å². The second-order valence-electron chi connectivity index (χ2n) is 6.82. The summed E-state index contributed by atoms with van der Waals surface area (Å²) < 4.78 is 5.76. The Kier molecular flexibility index (Phi) is 7.41. The molecule has 1 fully saturated rings. The first-order valence-electron chi connectivity index (χ1n) is 9.96. The number of nitrogens with two attached hydrogens (primary N) is 1. The Morgan fingerprint density at radius 2 is 1.90 bits per heavy atom. The predicted molar refractivity (Wildman–Crippen MR) is 119 cm³/mol. The minimum absolute atomic E-state index is 0.103. The van der Waals surface area contributed by atoms with Gasteiger partial charge in [0.1, 0.15) is 17.4 Å². The lowest BCUT2D eigenvalue weighted by Crippen LogP contribution is -2.47. The van der Waals surface area contributed by atoms with Crippen molar-refractivity contribution >= 4 is 40.5 Å². The van der Waals surface area contributed by atoms with Gasteiger partial charge >= 0.3 is 0 Å². The number of hydrogen-bond donors (Lipinski definition) is 2. The average molecular weight is 418 g/mol. The van der Waals surface area contributed by atoms with Crippen molar-refractivity contribution in [1.29, 1.82) is 0 Å². The van der Waals surface area contributed by atoms with Gasteiger partial charge in [-0.25, -0.2) is 4.98 Å².